The number of hydrogen-bond donors (Lipinski definition) is 1. The summed E-state index contributed by atoms with van der Waals surface area (Å²) in [6.07, 6.45) is 0. The van der Waals surface area contributed by atoms with E-state index in [1.807, 2.05) is 6.92 Å². The van der Waals surface area contributed by atoms with Crippen LogP contribution < -0.4 is 5.32 Å². The zero-order valence-corrected chi connectivity index (χ0v) is 11.5. The number of hydrogen-bond acceptors (Lipinski definition) is 3. The van der Waals surface area contributed by atoms with E-state index in [-0.39, 0.29) is 5.97 Å². The van der Waals surface area contributed by atoms with E-state index < -0.39 is 5.54 Å². The third-order valence-corrected chi connectivity index (χ3v) is 3.36. The standard InChI is InChI=1S/C12H15Cl2NO2/c1-4-15-12(2,11(16)17-3)8-5-6-9(13)10(14)7-8/h5-7,15H,4H2,1-3H3. The van der Waals surface area contributed by atoms with Crippen molar-refractivity contribution in [2.75, 3.05) is 13.7 Å². The SMILES string of the molecule is CCNC(C)(C(=O)OC)c1ccc(Cl)c(Cl)c1. The Morgan fingerprint density at radius 3 is 2.53 bits per heavy atom. The summed E-state index contributed by atoms with van der Waals surface area (Å²) < 4.78 is 4.81. The summed E-state index contributed by atoms with van der Waals surface area (Å²) in [6, 6.07) is 5.09. The molecule has 94 valence electrons. The molecule has 1 unspecified atom stereocenters. The number of benzene rings is 1. The van der Waals surface area contributed by atoms with Crippen molar-refractivity contribution in [3.05, 3.63) is 33.8 Å². The molecule has 0 saturated heterocycles. The molecule has 1 aromatic rings. The monoisotopic (exact) mass is 275 g/mol. The normalized spacial score (nSPS) is 14.2. The van der Waals surface area contributed by atoms with Gasteiger partial charge in [0.25, 0.3) is 0 Å². The predicted octanol–water partition coefficient (Wildman–Crippen LogP) is 2.99. The second kappa shape index (κ2) is 5.71. The summed E-state index contributed by atoms with van der Waals surface area (Å²) in [4.78, 5) is 11.9. The first-order chi connectivity index (χ1) is 7.95. The molecule has 0 fully saturated rings. The lowest BCUT2D eigenvalue weighted by molar-refractivity contribution is -0.148. The van der Waals surface area contributed by atoms with Gasteiger partial charge >= 0.3 is 5.97 Å². The molecular formula is C12H15Cl2NO2. The van der Waals surface area contributed by atoms with Gasteiger partial charge in [-0.05, 0) is 31.2 Å². The number of methoxy groups -OCH3 is 1. The van der Waals surface area contributed by atoms with Crippen LogP contribution in [0.5, 0.6) is 0 Å². The van der Waals surface area contributed by atoms with Crippen LogP contribution in [0, 0.1) is 0 Å². The highest BCUT2D eigenvalue weighted by molar-refractivity contribution is 6.42. The Morgan fingerprint density at radius 1 is 1.41 bits per heavy atom. The Balaban J connectivity index is 3.22. The molecule has 0 aliphatic carbocycles. The first kappa shape index (κ1) is 14.3. The number of carbonyl (C=O) groups is 1. The number of halogens is 2. The largest absolute Gasteiger partial charge is 0.467 e. The summed E-state index contributed by atoms with van der Waals surface area (Å²) in [5.74, 6) is -0.363. The van der Waals surface area contributed by atoms with Crippen LogP contribution in [-0.2, 0) is 15.1 Å². The van der Waals surface area contributed by atoms with Gasteiger partial charge in [-0.25, -0.2) is 4.79 Å². The van der Waals surface area contributed by atoms with E-state index in [2.05, 4.69) is 5.32 Å². The fraction of sp³-hybridized carbons (Fsp3) is 0.417. The highest BCUT2D eigenvalue weighted by Crippen LogP contribution is 2.29. The predicted molar refractivity (Wildman–Crippen MR) is 69.5 cm³/mol. The molecule has 1 atom stereocenters. The van der Waals surface area contributed by atoms with Crippen molar-refractivity contribution < 1.29 is 9.53 Å². The van der Waals surface area contributed by atoms with E-state index in [9.17, 15) is 4.79 Å². The van der Waals surface area contributed by atoms with Crippen molar-refractivity contribution in [3.8, 4) is 0 Å². The third kappa shape index (κ3) is 2.92. The van der Waals surface area contributed by atoms with E-state index in [1.54, 1.807) is 25.1 Å². The van der Waals surface area contributed by atoms with E-state index in [4.69, 9.17) is 27.9 Å². The summed E-state index contributed by atoms with van der Waals surface area (Å²) >= 11 is 11.8. The Bertz CT molecular complexity index is 423. The summed E-state index contributed by atoms with van der Waals surface area (Å²) in [5, 5.41) is 3.97. The number of carbonyl (C=O) groups excluding carboxylic acids is 1. The molecule has 0 aromatic heterocycles. The van der Waals surface area contributed by atoms with Crippen molar-refractivity contribution in [2.45, 2.75) is 19.4 Å². The van der Waals surface area contributed by atoms with Gasteiger partial charge in [-0.2, -0.15) is 0 Å². The highest BCUT2D eigenvalue weighted by Gasteiger charge is 2.35. The molecule has 0 spiro atoms. The fourth-order valence-corrected chi connectivity index (χ4v) is 1.95. The molecule has 3 nitrogen and oxygen atoms in total. The molecule has 0 saturated carbocycles. The van der Waals surface area contributed by atoms with Crippen LogP contribution >= 0.6 is 23.2 Å². The molecule has 0 heterocycles. The van der Waals surface area contributed by atoms with Crippen molar-refractivity contribution in [1.29, 1.82) is 0 Å². The average molecular weight is 276 g/mol. The maximum absolute atomic E-state index is 11.9. The van der Waals surface area contributed by atoms with Crippen molar-refractivity contribution in [1.82, 2.24) is 5.32 Å². The molecule has 1 N–H and O–H groups in total. The molecule has 0 aliphatic rings. The Hall–Kier alpha value is -0.770. The first-order valence-electron chi connectivity index (χ1n) is 5.24. The number of nitrogens with one attached hydrogen (secondary N) is 1. The van der Waals surface area contributed by atoms with Crippen LogP contribution in [0.15, 0.2) is 18.2 Å². The van der Waals surface area contributed by atoms with Crippen LogP contribution in [0.2, 0.25) is 10.0 Å². The summed E-state index contributed by atoms with van der Waals surface area (Å²) in [7, 11) is 1.36. The Labute approximate surface area is 111 Å². The second-order valence-electron chi connectivity index (χ2n) is 3.78. The van der Waals surface area contributed by atoms with Crippen LogP contribution in [0.3, 0.4) is 0 Å². The lowest BCUT2D eigenvalue weighted by Crippen LogP contribution is -2.47. The minimum atomic E-state index is -0.919. The zero-order chi connectivity index (χ0) is 13.1. The molecule has 17 heavy (non-hydrogen) atoms. The quantitative estimate of drug-likeness (QED) is 0.859. The van der Waals surface area contributed by atoms with Gasteiger partial charge in [0.15, 0.2) is 0 Å². The molecule has 0 aliphatic heterocycles. The number of rotatable bonds is 4. The molecule has 1 rings (SSSR count). The minimum absolute atomic E-state index is 0.363. The third-order valence-electron chi connectivity index (χ3n) is 2.62. The van der Waals surface area contributed by atoms with E-state index in [0.29, 0.717) is 16.6 Å². The van der Waals surface area contributed by atoms with E-state index in [1.165, 1.54) is 7.11 Å². The maximum Gasteiger partial charge on any atom is 0.330 e. The van der Waals surface area contributed by atoms with Crippen molar-refractivity contribution in [2.24, 2.45) is 0 Å². The minimum Gasteiger partial charge on any atom is -0.467 e. The Morgan fingerprint density at radius 2 is 2.06 bits per heavy atom. The number of ether oxygens (including phenoxy) is 1. The zero-order valence-electron chi connectivity index (χ0n) is 10.0. The molecule has 0 radical (unpaired) electrons. The van der Waals surface area contributed by atoms with Gasteiger partial charge in [-0.1, -0.05) is 36.2 Å². The lowest BCUT2D eigenvalue weighted by Gasteiger charge is -2.28. The van der Waals surface area contributed by atoms with E-state index in [0.717, 1.165) is 5.56 Å². The second-order valence-corrected chi connectivity index (χ2v) is 4.59. The molecule has 5 heteroatoms. The molecule has 1 aromatic carbocycles. The maximum atomic E-state index is 11.9. The first-order valence-corrected chi connectivity index (χ1v) is 6.00. The van der Waals surface area contributed by atoms with Gasteiger partial charge in [0, 0.05) is 0 Å². The van der Waals surface area contributed by atoms with Gasteiger partial charge in [-0.3, -0.25) is 5.32 Å². The van der Waals surface area contributed by atoms with Gasteiger partial charge in [-0.15, -0.1) is 0 Å². The van der Waals surface area contributed by atoms with Gasteiger partial charge in [0.05, 0.1) is 17.2 Å². The lowest BCUT2D eigenvalue weighted by atomic mass is 9.92. The van der Waals surface area contributed by atoms with Crippen molar-refractivity contribution in [3.63, 3.8) is 0 Å². The highest BCUT2D eigenvalue weighted by atomic mass is 35.5. The molecular weight excluding hydrogens is 261 g/mol. The van der Waals surface area contributed by atoms with Gasteiger partial charge < -0.3 is 4.74 Å². The van der Waals surface area contributed by atoms with E-state index >= 15 is 0 Å². The topological polar surface area (TPSA) is 38.3 Å². The van der Waals surface area contributed by atoms with Crippen LogP contribution in [0.25, 0.3) is 0 Å². The number of likely N-dealkylation sites (N-methyl/N-ethyl adjacent to an activating group) is 1. The van der Waals surface area contributed by atoms with Gasteiger partial charge in [0.1, 0.15) is 5.54 Å². The Kier molecular flexibility index (Phi) is 4.80. The average Bonchev–Trinajstić information content (AvgIpc) is 2.31. The molecule has 0 amide bonds. The fourth-order valence-electron chi connectivity index (χ4n) is 1.66. The summed E-state index contributed by atoms with van der Waals surface area (Å²) in [5.41, 5.74) is -0.196. The molecule has 0 bridgehead atoms. The number of esters is 1. The summed E-state index contributed by atoms with van der Waals surface area (Å²) in [6.45, 7) is 4.30. The van der Waals surface area contributed by atoms with Crippen LogP contribution in [0.1, 0.15) is 19.4 Å². The smallest absolute Gasteiger partial charge is 0.330 e. The van der Waals surface area contributed by atoms with Gasteiger partial charge in [0.2, 0.25) is 0 Å². The van der Waals surface area contributed by atoms with Crippen LogP contribution in [-0.4, -0.2) is 19.6 Å². The van der Waals surface area contributed by atoms with Crippen molar-refractivity contribution >= 4 is 29.2 Å². The van der Waals surface area contributed by atoms with Crippen LogP contribution in [0.4, 0.5) is 0 Å².